The first-order valence-corrected chi connectivity index (χ1v) is 8.96. The number of esters is 1. The number of aromatic nitrogens is 3. The second kappa shape index (κ2) is 7.64. The van der Waals surface area contributed by atoms with Gasteiger partial charge in [0.25, 0.3) is 5.89 Å². The van der Waals surface area contributed by atoms with Gasteiger partial charge in [-0.05, 0) is 38.3 Å². The Morgan fingerprint density at radius 1 is 1.23 bits per heavy atom. The molecule has 2 aromatic heterocycles. The molecule has 0 aliphatic rings. The molecule has 6 heteroatoms. The van der Waals surface area contributed by atoms with Crippen LogP contribution in [0.3, 0.4) is 0 Å². The fourth-order valence-corrected chi connectivity index (χ4v) is 3.11. The summed E-state index contributed by atoms with van der Waals surface area (Å²) in [6.45, 7) is 7.59. The van der Waals surface area contributed by atoms with Crippen molar-refractivity contribution in [2.45, 2.75) is 53.1 Å². The van der Waals surface area contributed by atoms with Gasteiger partial charge in [0.1, 0.15) is 0 Å². The van der Waals surface area contributed by atoms with Crippen LogP contribution in [0, 0.1) is 6.92 Å². The summed E-state index contributed by atoms with van der Waals surface area (Å²) in [6.07, 6.45) is 1.89. The number of hydrogen-bond acceptors (Lipinski definition) is 6. The average molecular weight is 353 g/mol. The molecule has 3 aromatic rings. The minimum Gasteiger partial charge on any atom is -0.449 e. The number of hydrogen-bond donors (Lipinski definition) is 0. The molecule has 0 aliphatic heterocycles. The van der Waals surface area contributed by atoms with Gasteiger partial charge in [-0.25, -0.2) is 4.79 Å². The van der Waals surface area contributed by atoms with Crippen molar-refractivity contribution in [3.63, 3.8) is 0 Å². The summed E-state index contributed by atoms with van der Waals surface area (Å²) in [5.74, 6) is 0.416. The normalized spacial score (nSPS) is 12.3. The van der Waals surface area contributed by atoms with E-state index in [0.717, 1.165) is 35.0 Å². The van der Waals surface area contributed by atoms with Gasteiger partial charge in [0.15, 0.2) is 11.9 Å². The zero-order valence-corrected chi connectivity index (χ0v) is 15.6. The highest BCUT2D eigenvalue weighted by molar-refractivity contribution is 6.05. The Morgan fingerprint density at radius 3 is 2.65 bits per heavy atom. The van der Waals surface area contributed by atoms with Gasteiger partial charge >= 0.3 is 5.97 Å². The molecule has 26 heavy (non-hydrogen) atoms. The highest BCUT2D eigenvalue weighted by atomic mass is 16.6. The van der Waals surface area contributed by atoms with E-state index in [2.05, 4.69) is 17.1 Å². The maximum Gasteiger partial charge on any atom is 0.339 e. The lowest BCUT2D eigenvalue weighted by Gasteiger charge is -2.16. The van der Waals surface area contributed by atoms with Crippen LogP contribution in [0.4, 0.5) is 0 Å². The van der Waals surface area contributed by atoms with Gasteiger partial charge in [-0.2, -0.15) is 4.98 Å². The molecular formula is C20H23N3O3. The fraction of sp³-hybridized carbons (Fsp3) is 0.400. The highest BCUT2D eigenvalue weighted by Crippen LogP contribution is 2.28. The molecule has 0 fully saturated rings. The number of carbonyl (C=O) groups excluding carboxylic acids is 1. The number of aryl methyl sites for hydroxylation is 2. The number of nitrogens with zero attached hydrogens (tertiary/aromatic N) is 3. The topological polar surface area (TPSA) is 78.1 Å². The molecule has 0 aliphatic carbocycles. The van der Waals surface area contributed by atoms with E-state index in [4.69, 9.17) is 14.2 Å². The van der Waals surface area contributed by atoms with Gasteiger partial charge in [0.05, 0.1) is 11.1 Å². The zero-order valence-electron chi connectivity index (χ0n) is 15.6. The number of carbonyl (C=O) groups is 1. The molecule has 136 valence electrons. The zero-order chi connectivity index (χ0) is 18.7. The van der Waals surface area contributed by atoms with E-state index >= 15 is 0 Å². The Kier molecular flexibility index (Phi) is 5.30. The monoisotopic (exact) mass is 353 g/mol. The number of para-hydroxylation sites is 1. The third kappa shape index (κ3) is 3.45. The Labute approximate surface area is 152 Å². The smallest absolute Gasteiger partial charge is 0.339 e. The molecule has 1 aromatic carbocycles. The van der Waals surface area contributed by atoms with Gasteiger partial charge in [0, 0.05) is 11.1 Å². The van der Waals surface area contributed by atoms with Crippen molar-refractivity contribution in [1.29, 1.82) is 0 Å². The molecule has 0 saturated carbocycles. The van der Waals surface area contributed by atoms with E-state index < -0.39 is 6.10 Å². The van der Waals surface area contributed by atoms with E-state index in [1.165, 1.54) is 0 Å². The van der Waals surface area contributed by atoms with Crippen molar-refractivity contribution in [3.8, 4) is 0 Å². The molecule has 0 N–H and O–H groups in total. The van der Waals surface area contributed by atoms with E-state index in [-0.39, 0.29) is 5.97 Å². The predicted octanol–water partition coefficient (Wildman–Crippen LogP) is 4.36. The molecule has 1 atom stereocenters. The van der Waals surface area contributed by atoms with E-state index in [1.807, 2.05) is 31.2 Å². The first-order valence-electron chi connectivity index (χ1n) is 8.96. The van der Waals surface area contributed by atoms with Crippen LogP contribution in [0.1, 0.15) is 66.6 Å². The van der Waals surface area contributed by atoms with E-state index in [0.29, 0.717) is 23.7 Å². The van der Waals surface area contributed by atoms with Crippen molar-refractivity contribution < 1.29 is 14.1 Å². The number of rotatable bonds is 6. The van der Waals surface area contributed by atoms with Crippen molar-refractivity contribution in [3.05, 3.63) is 52.8 Å². The second-order valence-electron chi connectivity index (χ2n) is 6.26. The molecule has 0 radical (unpaired) electrons. The first-order chi connectivity index (χ1) is 12.5. The van der Waals surface area contributed by atoms with Crippen molar-refractivity contribution in [1.82, 2.24) is 15.1 Å². The van der Waals surface area contributed by atoms with Gasteiger partial charge in [-0.1, -0.05) is 43.6 Å². The van der Waals surface area contributed by atoms with Gasteiger partial charge in [-0.15, -0.1) is 0 Å². The lowest BCUT2D eigenvalue weighted by atomic mass is 9.96. The number of ether oxygens (including phenoxy) is 1. The van der Waals surface area contributed by atoms with Crippen molar-refractivity contribution in [2.24, 2.45) is 0 Å². The van der Waals surface area contributed by atoms with Crippen molar-refractivity contribution in [2.75, 3.05) is 0 Å². The molecule has 3 rings (SSSR count). The second-order valence-corrected chi connectivity index (χ2v) is 6.26. The van der Waals surface area contributed by atoms with Crippen LogP contribution in [0.5, 0.6) is 0 Å². The SMILES string of the molecule is CCCc1nc2ccccc2c(C(=O)OC(C)c2nc(C)no2)c1CC. The summed E-state index contributed by atoms with van der Waals surface area (Å²) < 4.78 is 10.8. The first kappa shape index (κ1) is 18.0. The predicted molar refractivity (Wildman–Crippen MR) is 98.0 cm³/mol. The maximum absolute atomic E-state index is 13.0. The van der Waals surface area contributed by atoms with Crippen LogP contribution in [0.2, 0.25) is 0 Å². The summed E-state index contributed by atoms with van der Waals surface area (Å²) >= 11 is 0. The third-order valence-corrected chi connectivity index (χ3v) is 4.30. The molecule has 1 unspecified atom stereocenters. The number of fused-ring (bicyclic) bond motifs is 1. The van der Waals surface area contributed by atoms with Crippen LogP contribution in [0.15, 0.2) is 28.8 Å². The molecule has 0 amide bonds. The number of benzene rings is 1. The Hall–Kier alpha value is -2.76. The number of pyridine rings is 1. The molecule has 0 bridgehead atoms. The van der Waals surface area contributed by atoms with E-state index in [1.54, 1.807) is 13.8 Å². The minimum absolute atomic E-state index is 0.293. The van der Waals surface area contributed by atoms with Crippen LogP contribution in [-0.4, -0.2) is 21.1 Å². The summed E-state index contributed by atoms with van der Waals surface area (Å²) in [6, 6.07) is 7.67. The average Bonchev–Trinajstić information content (AvgIpc) is 3.07. The molecule has 2 heterocycles. The molecule has 0 spiro atoms. The fourth-order valence-electron chi connectivity index (χ4n) is 3.11. The third-order valence-electron chi connectivity index (χ3n) is 4.30. The largest absolute Gasteiger partial charge is 0.449 e. The summed E-state index contributed by atoms with van der Waals surface area (Å²) in [5.41, 5.74) is 3.30. The summed E-state index contributed by atoms with van der Waals surface area (Å²) in [4.78, 5) is 22.0. The molecule has 6 nitrogen and oxygen atoms in total. The molecule has 0 saturated heterocycles. The van der Waals surface area contributed by atoms with Crippen molar-refractivity contribution >= 4 is 16.9 Å². The van der Waals surface area contributed by atoms with Crippen LogP contribution in [0.25, 0.3) is 10.9 Å². The van der Waals surface area contributed by atoms with Gasteiger partial charge in [0.2, 0.25) is 0 Å². The van der Waals surface area contributed by atoms with Crippen LogP contribution < -0.4 is 0 Å². The summed E-state index contributed by atoms with van der Waals surface area (Å²) in [5, 5.41) is 4.56. The van der Waals surface area contributed by atoms with Crippen LogP contribution >= 0.6 is 0 Å². The lowest BCUT2D eigenvalue weighted by Crippen LogP contribution is -2.15. The highest BCUT2D eigenvalue weighted by Gasteiger charge is 2.24. The Morgan fingerprint density at radius 2 is 2.00 bits per heavy atom. The standard InChI is InChI=1S/C20H23N3O3/c1-5-9-16-14(6-2)18(15-10-7-8-11-17(15)22-16)20(24)25-12(3)19-21-13(4)23-26-19/h7-8,10-12H,5-6,9H2,1-4H3. The quantitative estimate of drug-likeness (QED) is 0.613. The van der Waals surface area contributed by atoms with Gasteiger partial charge in [-0.3, -0.25) is 4.98 Å². The Bertz CT molecular complexity index is 933. The van der Waals surface area contributed by atoms with Crippen LogP contribution in [-0.2, 0) is 17.6 Å². The maximum atomic E-state index is 13.0. The minimum atomic E-state index is -0.616. The Balaban J connectivity index is 2.05. The lowest BCUT2D eigenvalue weighted by molar-refractivity contribution is 0.0266. The van der Waals surface area contributed by atoms with E-state index in [9.17, 15) is 4.79 Å². The van der Waals surface area contributed by atoms with Gasteiger partial charge < -0.3 is 9.26 Å². The summed E-state index contributed by atoms with van der Waals surface area (Å²) in [7, 11) is 0. The molecular weight excluding hydrogens is 330 g/mol.